The number of sulfonamides is 1. The Kier molecular flexibility index (Phi) is 7.32. The van der Waals surface area contributed by atoms with Gasteiger partial charge in [0, 0.05) is 20.3 Å². The van der Waals surface area contributed by atoms with Crippen LogP contribution in [0.2, 0.25) is 0 Å². The van der Waals surface area contributed by atoms with Crippen molar-refractivity contribution in [1.82, 2.24) is 5.32 Å². The zero-order valence-corrected chi connectivity index (χ0v) is 16.1. The lowest BCUT2D eigenvalue weighted by Crippen LogP contribution is -2.41. The van der Waals surface area contributed by atoms with Gasteiger partial charge in [-0.3, -0.25) is 9.10 Å². The molecule has 2 rings (SSSR count). The van der Waals surface area contributed by atoms with Crippen molar-refractivity contribution in [3.63, 3.8) is 0 Å². The van der Waals surface area contributed by atoms with Crippen molar-refractivity contribution < 1.29 is 22.3 Å². The van der Waals surface area contributed by atoms with E-state index in [-0.39, 0.29) is 11.4 Å². The third kappa shape index (κ3) is 5.77. The molecule has 0 saturated carbocycles. The summed E-state index contributed by atoms with van der Waals surface area (Å²) in [5, 5.41) is 2.68. The Morgan fingerprint density at radius 1 is 1.11 bits per heavy atom. The normalized spacial score (nSPS) is 11.2. The Morgan fingerprint density at radius 2 is 1.74 bits per heavy atom. The van der Waals surface area contributed by atoms with E-state index in [2.05, 4.69) is 5.32 Å². The van der Waals surface area contributed by atoms with Gasteiger partial charge in [0.05, 0.1) is 10.6 Å². The maximum absolute atomic E-state index is 13.2. The highest BCUT2D eigenvalue weighted by Gasteiger charge is 2.27. The summed E-state index contributed by atoms with van der Waals surface area (Å²) < 4.78 is 45.2. The molecule has 0 fully saturated rings. The minimum absolute atomic E-state index is 0.0864. The maximum atomic E-state index is 13.2. The molecule has 27 heavy (non-hydrogen) atoms. The monoisotopic (exact) mass is 394 g/mol. The number of hydrogen-bond acceptors (Lipinski definition) is 4. The first-order valence-electron chi connectivity index (χ1n) is 8.45. The van der Waals surface area contributed by atoms with Gasteiger partial charge in [0.15, 0.2) is 0 Å². The minimum atomic E-state index is -4.03. The molecule has 0 aliphatic heterocycles. The van der Waals surface area contributed by atoms with Gasteiger partial charge in [-0.05, 0) is 49.7 Å². The molecule has 2 aromatic rings. The molecule has 0 spiro atoms. The van der Waals surface area contributed by atoms with Crippen molar-refractivity contribution in [3.8, 4) is 0 Å². The number of hydrogen-bond donors (Lipinski definition) is 1. The lowest BCUT2D eigenvalue weighted by atomic mass is 10.2. The molecule has 0 atom stereocenters. The number of nitrogens with zero attached hydrogens (tertiary/aromatic N) is 1. The number of halogens is 1. The molecule has 0 heterocycles. The largest absolute Gasteiger partial charge is 0.385 e. The van der Waals surface area contributed by atoms with E-state index in [1.165, 1.54) is 12.1 Å². The first-order valence-corrected chi connectivity index (χ1v) is 9.89. The summed E-state index contributed by atoms with van der Waals surface area (Å²) in [6, 6.07) is 11.3. The molecule has 0 aliphatic rings. The Hall–Kier alpha value is -2.45. The number of anilines is 1. The molecule has 0 radical (unpaired) electrons. The fourth-order valence-corrected chi connectivity index (χ4v) is 3.81. The van der Waals surface area contributed by atoms with Crippen molar-refractivity contribution in [1.29, 1.82) is 0 Å². The van der Waals surface area contributed by atoms with Crippen LogP contribution in [0.4, 0.5) is 10.1 Å². The van der Waals surface area contributed by atoms with E-state index in [1.54, 1.807) is 31.4 Å². The van der Waals surface area contributed by atoms with Gasteiger partial charge < -0.3 is 10.1 Å². The molecule has 0 unspecified atom stereocenters. The molecule has 6 nitrogen and oxygen atoms in total. The molecule has 0 saturated heterocycles. The number of aryl methyl sites for hydroxylation is 1. The van der Waals surface area contributed by atoms with Crippen molar-refractivity contribution in [2.45, 2.75) is 18.2 Å². The zero-order chi connectivity index (χ0) is 19.9. The third-order valence-electron chi connectivity index (χ3n) is 3.86. The summed E-state index contributed by atoms with van der Waals surface area (Å²) in [6.07, 6.45) is 0.623. The summed E-state index contributed by atoms with van der Waals surface area (Å²) in [7, 11) is -2.47. The number of rotatable bonds is 9. The predicted molar refractivity (Wildman–Crippen MR) is 102 cm³/mol. The van der Waals surface area contributed by atoms with E-state index in [4.69, 9.17) is 4.74 Å². The standard InChI is InChI=1S/C19H23FN2O4S/c1-15-4-8-17(9-5-15)22(14-19(23)21-12-3-13-26-2)27(24,25)18-10-6-16(20)7-11-18/h4-11H,3,12-14H2,1-2H3,(H,21,23). The summed E-state index contributed by atoms with van der Waals surface area (Å²) in [5.74, 6) is -0.968. The molecule has 1 N–H and O–H groups in total. The number of nitrogens with one attached hydrogen (secondary N) is 1. The minimum Gasteiger partial charge on any atom is -0.385 e. The van der Waals surface area contributed by atoms with E-state index in [1.807, 2.05) is 6.92 Å². The molecule has 0 bridgehead atoms. The predicted octanol–water partition coefficient (Wildman–Crippen LogP) is 2.48. The number of benzene rings is 2. The smallest absolute Gasteiger partial charge is 0.264 e. The van der Waals surface area contributed by atoms with Gasteiger partial charge >= 0.3 is 0 Å². The van der Waals surface area contributed by atoms with Crippen LogP contribution in [-0.4, -0.2) is 41.1 Å². The van der Waals surface area contributed by atoms with Crippen LogP contribution in [0.5, 0.6) is 0 Å². The Bertz CT molecular complexity index is 852. The van der Waals surface area contributed by atoms with Gasteiger partial charge in [-0.15, -0.1) is 0 Å². The van der Waals surface area contributed by atoms with E-state index >= 15 is 0 Å². The molecule has 8 heteroatoms. The molecular formula is C19H23FN2O4S. The first-order chi connectivity index (χ1) is 12.8. The molecule has 2 aromatic carbocycles. The Labute approximate surface area is 159 Å². The molecular weight excluding hydrogens is 371 g/mol. The second-order valence-electron chi connectivity index (χ2n) is 6.00. The van der Waals surface area contributed by atoms with Gasteiger partial charge in [-0.2, -0.15) is 0 Å². The van der Waals surface area contributed by atoms with Crippen molar-refractivity contribution in [3.05, 3.63) is 59.9 Å². The topological polar surface area (TPSA) is 75.7 Å². The van der Waals surface area contributed by atoms with Crippen LogP contribution >= 0.6 is 0 Å². The van der Waals surface area contributed by atoms with Crippen molar-refractivity contribution >= 4 is 21.6 Å². The van der Waals surface area contributed by atoms with Crippen LogP contribution in [0, 0.1) is 12.7 Å². The quantitative estimate of drug-likeness (QED) is 0.663. The summed E-state index contributed by atoms with van der Waals surface area (Å²) in [5.41, 5.74) is 1.32. The first kappa shape index (κ1) is 20.9. The second kappa shape index (κ2) is 9.48. The summed E-state index contributed by atoms with van der Waals surface area (Å²) in [6.45, 7) is 2.38. The number of carbonyl (C=O) groups excluding carboxylic acids is 1. The lowest BCUT2D eigenvalue weighted by Gasteiger charge is -2.24. The van der Waals surface area contributed by atoms with Crippen molar-refractivity contribution in [2.24, 2.45) is 0 Å². The number of carbonyl (C=O) groups is 1. The number of methoxy groups -OCH3 is 1. The van der Waals surface area contributed by atoms with Crippen LogP contribution in [0.25, 0.3) is 0 Å². The summed E-state index contributed by atoms with van der Waals surface area (Å²) in [4.78, 5) is 12.2. The van der Waals surface area contributed by atoms with Crippen LogP contribution in [0.3, 0.4) is 0 Å². The van der Waals surface area contributed by atoms with E-state index in [9.17, 15) is 17.6 Å². The van der Waals surface area contributed by atoms with Gasteiger partial charge in [0.2, 0.25) is 5.91 Å². The molecule has 0 aromatic heterocycles. The Morgan fingerprint density at radius 3 is 2.33 bits per heavy atom. The highest BCUT2D eigenvalue weighted by atomic mass is 32.2. The van der Waals surface area contributed by atoms with Gasteiger partial charge in [0.1, 0.15) is 12.4 Å². The van der Waals surface area contributed by atoms with Crippen LogP contribution < -0.4 is 9.62 Å². The fraction of sp³-hybridized carbons (Fsp3) is 0.316. The number of amides is 1. The van der Waals surface area contributed by atoms with Crippen LogP contribution in [0.15, 0.2) is 53.4 Å². The maximum Gasteiger partial charge on any atom is 0.264 e. The van der Waals surface area contributed by atoms with E-state index < -0.39 is 21.7 Å². The molecule has 146 valence electrons. The van der Waals surface area contributed by atoms with E-state index in [0.717, 1.165) is 22.0 Å². The highest BCUT2D eigenvalue weighted by molar-refractivity contribution is 7.92. The SMILES string of the molecule is COCCCNC(=O)CN(c1ccc(C)cc1)S(=O)(=O)c1ccc(F)cc1. The molecule has 0 aliphatic carbocycles. The van der Waals surface area contributed by atoms with Gasteiger partial charge in [0.25, 0.3) is 10.0 Å². The lowest BCUT2D eigenvalue weighted by molar-refractivity contribution is -0.119. The molecule has 1 amide bonds. The van der Waals surface area contributed by atoms with Crippen LogP contribution in [-0.2, 0) is 19.6 Å². The van der Waals surface area contributed by atoms with Gasteiger partial charge in [-0.25, -0.2) is 12.8 Å². The van der Waals surface area contributed by atoms with Crippen molar-refractivity contribution in [2.75, 3.05) is 31.1 Å². The summed E-state index contributed by atoms with van der Waals surface area (Å²) >= 11 is 0. The fourth-order valence-electron chi connectivity index (χ4n) is 2.39. The second-order valence-corrected chi connectivity index (χ2v) is 7.86. The average Bonchev–Trinajstić information content (AvgIpc) is 2.64. The van der Waals surface area contributed by atoms with Gasteiger partial charge in [-0.1, -0.05) is 17.7 Å². The van der Waals surface area contributed by atoms with Crippen LogP contribution in [0.1, 0.15) is 12.0 Å². The third-order valence-corrected chi connectivity index (χ3v) is 5.65. The highest BCUT2D eigenvalue weighted by Crippen LogP contribution is 2.24. The zero-order valence-electron chi connectivity index (χ0n) is 15.3. The Balaban J connectivity index is 2.28. The van der Waals surface area contributed by atoms with E-state index in [0.29, 0.717) is 25.3 Å². The number of ether oxygens (including phenoxy) is 1. The average molecular weight is 394 g/mol.